The third-order valence-electron chi connectivity index (χ3n) is 3.31. The highest BCUT2D eigenvalue weighted by Crippen LogP contribution is 2.16. The molecular weight excluding hydrogens is 284 g/mol. The maximum absolute atomic E-state index is 13.6. The SMILES string of the molecule is COC(=O)C1COCCN1C(=O)Cc1c(F)cccc1F. The second-order valence-corrected chi connectivity index (χ2v) is 4.58. The van der Waals surface area contributed by atoms with Gasteiger partial charge in [0.1, 0.15) is 11.6 Å². The fourth-order valence-electron chi connectivity index (χ4n) is 2.19. The van der Waals surface area contributed by atoms with E-state index in [9.17, 15) is 18.4 Å². The second kappa shape index (κ2) is 6.62. The van der Waals surface area contributed by atoms with E-state index in [1.165, 1.54) is 18.1 Å². The van der Waals surface area contributed by atoms with Crippen molar-refractivity contribution < 1.29 is 27.8 Å². The highest BCUT2D eigenvalue weighted by Gasteiger charge is 2.34. The van der Waals surface area contributed by atoms with Crippen LogP contribution in [0.4, 0.5) is 8.78 Å². The third-order valence-corrected chi connectivity index (χ3v) is 3.31. The van der Waals surface area contributed by atoms with Gasteiger partial charge in [0.05, 0.1) is 26.7 Å². The summed E-state index contributed by atoms with van der Waals surface area (Å²) in [5, 5.41) is 0. The van der Waals surface area contributed by atoms with Gasteiger partial charge in [-0.15, -0.1) is 0 Å². The van der Waals surface area contributed by atoms with E-state index < -0.39 is 36.0 Å². The number of halogens is 2. The molecule has 114 valence electrons. The number of morpholine rings is 1. The average Bonchev–Trinajstić information content (AvgIpc) is 2.50. The molecule has 1 atom stereocenters. The van der Waals surface area contributed by atoms with E-state index >= 15 is 0 Å². The summed E-state index contributed by atoms with van der Waals surface area (Å²) in [5.74, 6) is -2.73. The zero-order chi connectivity index (χ0) is 15.4. The minimum Gasteiger partial charge on any atom is -0.467 e. The molecule has 1 amide bonds. The quantitative estimate of drug-likeness (QED) is 0.779. The molecule has 0 radical (unpaired) electrons. The minimum atomic E-state index is -0.883. The monoisotopic (exact) mass is 299 g/mol. The van der Waals surface area contributed by atoms with E-state index in [1.807, 2.05) is 0 Å². The molecule has 21 heavy (non-hydrogen) atoms. The molecule has 1 aliphatic heterocycles. The summed E-state index contributed by atoms with van der Waals surface area (Å²) < 4.78 is 36.9. The molecule has 1 aliphatic rings. The van der Waals surface area contributed by atoms with Crippen molar-refractivity contribution in [2.45, 2.75) is 12.5 Å². The van der Waals surface area contributed by atoms with E-state index in [4.69, 9.17) is 4.74 Å². The zero-order valence-electron chi connectivity index (χ0n) is 11.5. The van der Waals surface area contributed by atoms with Gasteiger partial charge in [0.2, 0.25) is 5.91 Å². The van der Waals surface area contributed by atoms with Crippen molar-refractivity contribution in [1.29, 1.82) is 0 Å². The van der Waals surface area contributed by atoms with Gasteiger partial charge in [-0.05, 0) is 12.1 Å². The molecule has 1 aromatic carbocycles. The molecule has 1 fully saturated rings. The molecule has 1 heterocycles. The van der Waals surface area contributed by atoms with Crippen LogP contribution in [0.25, 0.3) is 0 Å². The topological polar surface area (TPSA) is 55.8 Å². The van der Waals surface area contributed by atoms with Gasteiger partial charge < -0.3 is 14.4 Å². The smallest absolute Gasteiger partial charge is 0.331 e. The third kappa shape index (κ3) is 3.36. The minimum absolute atomic E-state index is 0.0121. The van der Waals surface area contributed by atoms with Crippen molar-refractivity contribution in [2.24, 2.45) is 0 Å². The number of hydrogen-bond acceptors (Lipinski definition) is 4. The van der Waals surface area contributed by atoms with Crippen LogP contribution in [-0.4, -0.2) is 49.7 Å². The molecule has 0 aromatic heterocycles. The van der Waals surface area contributed by atoms with Crippen LogP contribution in [-0.2, 0) is 25.5 Å². The predicted octanol–water partition coefficient (Wildman–Crippen LogP) is 0.908. The normalized spacial score (nSPS) is 18.4. The van der Waals surface area contributed by atoms with Crippen LogP contribution in [0.5, 0.6) is 0 Å². The van der Waals surface area contributed by atoms with Gasteiger partial charge in [0, 0.05) is 12.1 Å². The maximum atomic E-state index is 13.6. The zero-order valence-corrected chi connectivity index (χ0v) is 11.5. The molecular formula is C14H15F2NO4. The van der Waals surface area contributed by atoms with E-state index in [1.54, 1.807) is 0 Å². The molecule has 2 rings (SSSR count). The number of amides is 1. The van der Waals surface area contributed by atoms with Crippen LogP contribution >= 0.6 is 0 Å². The van der Waals surface area contributed by atoms with E-state index in [2.05, 4.69) is 4.74 Å². The molecule has 7 heteroatoms. The first kappa shape index (κ1) is 15.4. The van der Waals surface area contributed by atoms with Crippen LogP contribution in [0.3, 0.4) is 0 Å². The van der Waals surface area contributed by atoms with Crippen molar-refractivity contribution in [3.8, 4) is 0 Å². The molecule has 0 saturated carbocycles. The fraction of sp³-hybridized carbons (Fsp3) is 0.429. The summed E-state index contributed by atoms with van der Waals surface area (Å²) in [5.41, 5.74) is -0.308. The van der Waals surface area contributed by atoms with Gasteiger partial charge in [0.15, 0.2) is 6.04 Å². The van der Waals surface area contributed by atoms with Crippen LogP contribution in [0.15, 0.2) is 18.2 Å². The Hall–Kier alpha value is -2.02. The van der Waals surface area contributed by atoms with Crippen LogP contribution in [0, 0.1) is 11.6 Å². The first-order chi connectivity index (χ1) is 10.0. The second-order valence-electron chi connectivity index (χ2n) is 4.58. The summed E-state index contributed by atoms with van der Waals surface area (Å²) in [4.78, 5) is 25.1. The highest BCUT2D eigenvalue weighted by atomic mass is 19.1. The fourth-order valence-corrected chi connectivity index (χ4v) is 2.19. The number of hydrogen-bond donors (Lipinski definition) is 0. The van der Waals surface area contributed by atoms with Crippen LogP contribution < -0.4 is 0 Å². The number of carbonyl (C=O) groups excluding carboxylic acids is 2. The summed E-state index contributed by atoms with van der Waals surface area (Å²) in [6.45, 7) is 0.450. The number of esters is 1. The summed E-state index contributed by atoms with van der Waals surface area (Å²) in [6, 6.07) is 2.52. The van der Waals surface area contributed by atoms with Crippen LogP contribution in [0.2, 0.25) is 0 Å². The Morgan fingerprint density at radius 1 is 1.38 bits per heavy atom. The largest absolute Gasteiger partial charge is 0.467 e. The predicted molar refractivity (Wildman–Crippen MR) is 68.4 cm³/mol. The number of ether oxygens (including phenoxy) is 2. The number of rotatable bonds is 3. The molecule has 1 aromatic rings. The number of carbonyl (C=O) groups is 2. The lowest BCUT2D eigenvalue weighted by Crippen LogP contribution is -2.53. The van der Waals surface area contributed by atoms with Gasteiger partial charge in [-0.25, -0.2) is 13.6 Å². The summed E-state index contributed by atoms with van der Waals surface area (Å²) in [7, 11) is 1.20. The van der Waals surface area contributed by atoms with E-state index in [-0.39, 0.29) is 25.3 Å². The van der Waals surface area contributed by atoms with Crippen molar-refractivity contribution in [2.75, 3.05) is 26.9 Å². The van der Waals surface area contributed by atoms with E-state index in [0.29, 0.717) is 0 Å². The average molecular weight is 299 g/mol. The number of nitrogens with zero attached hydrogens (tertiary/aromatic N) is 1. The van der Waals surface area contributed by atoms with Crippen molar-refractivity contribution in [3.05, 3.63) is 35.4 Å². The van der Waals surface area contributed by atoms with Gasteiger partial charge >= 0.3 is 5.97 Å². The Morgan fingerprint density at radius 2 is 2.05 bits per heavy atom. The Labute approximate surface area is 120 Å². The Kier molecular flexibility index (Phi) is 4.85. The number of methoxy groups -OCH3 is 1. The lowest BCUT2D eigenvalue weighted by atomic mass is 10.1. The lowest BCUT2D eigenvalue weighted by Gasteiger charge is -2.33. The van der Waals surface area contributed by atoms with Crippen LogP contribution in [0.1, 0.15) is 5.56 Å². The van der Waals surface area contributed by atoms with Crippen molar-refractivity contribution in [3.63, 3.8) is 0 Å². The standard InChI is InChI=1S/C14H15F2NO4/c1-20-14(19)12-8-21-6-5-17(12)13(18)7-9-10(15)3-2-4-11(9)16/h2-4,12H,5-8H2,1H3. The molecule has 1 saturated heterocycles. The first-order valence-electron chi connectivity index (χ1n) is 6.42. The first-order valence-corrected chi connectivity index (χ1v) is 6.42. The molecule has 0 aliphatic carbocycles. The van der Waals surface area contributed by atoms with Gasteiger partial charge in [0.25, 0.3) is 0 Å². The molecule has 5 nitrogen and oxygen atoms in total. The Morgan fingerprint density at radius 3 is 2.67 bits per heavy atom. The Balaban J connectivity index is 2.16. The highest BCUT2D eigenvalue weighted by molar-refractivity contribution is 5.86. The molecule has 0 spiro atoms. The maximum Gasteiger partial charge on any atom is 0.331 e. The van der Waals surface area contributed by atoms with Gasteiger partial charge in [-0.1, -0.05) is 6.07 Å². The lowest BCUT2D eigenvalue weighted by molar-refractivity contribution is -0.160. The molecule has 0 N–H and O–H groups in total. The Bertz CT molecular complexity index is 530. The van der Waals surface area contributed by atoms with Gasteiger partial charge in [-0.3, -0.25) is 4.79 Å². The van der Waals surface area contributed by atoms with Gasteiger partial charge in [-0.2, -0.15) is 0 Å². The summed E-state index contributed by atoms with van der Waals surface area (Å²) >= 11 is 0. The van der Waals surface area contributed by atoms with Crippen molar-refractivity contribution >= 4 is 11.9 Å². The van der Waals surface area contributed by atoms with Crippen molar-refractivity contribution in [1.82, 2.24) is 4.90 Å². The van der Waals surface area contributed by atoms with E-state index in [0.717, 1.165) is 12.1 Å². The molecule has 1 unspecified atom stereocenters. The summed E-state index contributed by atoms with van der Waals surface area (Å²) in [6.07, 6.45) is -0.452. The number of benzene rings is 1. The molecule has 0 bridgehead atoms.